The Morgan fingerprint density at radius 3 is 2.43 bits per heavy atom. The molecule has 0 aliphatic rings. The lowest BCUT2D eigenvalue weighted by molar-refractivity contribution is -0.137. The lowest BCUT2D eigenvalue weighted by Gasteiger charge is -2.21. The van der Waals surface area contributed by atoms with Crippen LogP contribution < -0.4 is 4.90 Å². The Morgan fingerprint density at radius 1 is 1.11 bits per heavy atom. The van der Waals surface area contributed by atoms with E-state index in [4.69, 9.17) is 11.6 Å². The Hall–Kier alpha value is -2.93. The lowest BCUT2D eigenvalue weighted by Crippen LogP contribution is -2.27. The van der Waals surface area contributed by atoms with Gasteiger partial charge in [0.05, 0.1) is 16.9 Å². The molecule has 0 fully saturated rings. The molecule has 144 valence electrons. The van der Waals surface area contributed by atoms with Crippen molar-refractivity contribution in [3.05, 3.63) is 71.4 Å². The smallest absolute Gasteiger partial charge is 0.274 e. The Bertz CT molecular complexity index is 990. The third kappa shape index (κ3) is 4.31. The van der Waals surface area contributed by atoms with Crippen molar-refractivity contribution in [1.29, 1.82) is 0 Å². The van der Waals surface area contributed by atoms with Gasteiger partial charge in [-0.15, -0.1) is 0 Å². The van der Waals surface area contributed by atoms with E-state index in [1.54, 1.807) is 31.2 Å². The number of hydrogen-bond donors (Lipinski definition) is 0. The standard InChI is InChI=1S/C20H15ClF3N3O/c1-2-18(28)27(16-8-6-14(7-9-16)20(22,23)24)19-25-11-10-17(26-19)13-4-3-5-15(21)12-13/h3-12H,2H2,1H3. The monoisotopic (exact) mass is 405 g/mol. The van der Waals surface area contributed by atoms with Gasteiger partial charge in [-0.2, -0.15) is 13.2 Å². The van der Waals surface area contributed by atoms with E-state index >= 15 is 0 Å². The first kappa shape index (κ1) is 19.8. The van der Waals surface area contributed by atoms with Gasteiger partial charge in [0.25, 0.3) is 0 Å². The molecular formula is C20H15ClF3N3O. The van der Waals surface area contributed by atoms with E-state index in [-0.39, 0.29) is 24.0 Å². The van der Waals surface area contributed by atoms with Gasteiger partial charge < -0.3 is 0 Å². The topological polar surface area (TPSA) is 46.1 Å². The summed E-state index contributed by atoms with van der Waals surface area (Å²) in [4.78, 5) is 22.3. The largest absolute Gasteiger partial charge is 0.416 e. The Labute approximate surface area is 164 Å². The van der Waals surface area contributed by atoms with Crippen molar-refractivity contribution < 1.29 is 18.0 Å². The number of aromatic nitrogens is 2. The summed E-state index contributed by atoms with van der Waals surface area (Å²) in [6.07, 6.45) is -2.84. The molecule has 0 unspecified atom stereocenters. The summed E-state index contributed by atoms with van der Waals surface area (Å²) in [6, 6.07) is 13.0. The fraction of sp³-hybridized carbons (Fsp3) is 0.150. The molecule has 0 aliphatic carbocycles. The highest BCUT2D eigenvalue weighted by Crippen LogP contribution is 2.32. The average molecular weight is 406 g/mol. The second-order valence-corrected chi connectivity index (χ2v) is 6.32. The van der Waals surface area contributed by atoms with E-state index in [1.165, 1.54) is 23.2 Å². The van der Waals surface area contributed by atoms with E-state index in [9.17, 15) is 18.0 Å². The van der Waals surface area contributed by atoms with Crippen LogP contribution in [0.15, 0.2) is 60.8 Å². The van der Waals surface area contributed by atoms with E-state index in [2.05, 4.69) is 9.97 Å². The summed E-state index contributed by atoms with van der Waals surface area (Å²) in [6.45, 7) is 1.65. The van der Waals surface area contributed by atoms with Crippen LogP contribution in [0.4, 0.5) is 24.8 Å². The van der Waals surface area contributed by atoms with Crippen molar-refractivity contribution in [2.24, 2.45) is 0 Å². The van der Waals surface area contributed by atoms with Gasteiger partial charge in [0.15, 0.2) is 0 Å². The van der Waals surface area contributed by atoms with E-state index in [0.717, 1.165) is 17.7 Å². The molecule has 0 radical (unpaired) electrons. The molecule has 3 rings (SSSR count). The normalized spacial score (nSPS) is 11.3. The number of hydrogen-bond acceptors (Lipinski definition) is 3. The third-order valence-electron chi connectivity index (χ3n) is 3.97. The molecule has 0 aliphatic heterocycles. The minimum atomic E-state index is -4.46. The maximum atomic E-state index is 12.8. The Balaban J connectivity index is 2.03. The van der Waals surface area contributed by atoms with Gasteiger partial charge in [-0.1, -0.05) is 30.7 Å². The van der Waals surface area contributed by atoms with Crippen LogP contribution in [0.5, 0.6) is 0 Å². The highest BCUT2D eigenvalue weighted by atomic mass is 35.5. The summed E-state index contributed by atoms with van der Waals surface area (Å²) in [5.41, 5.74) is 0.720. The lowest BCUT2D eigenvalue weighted by atomic mass is 10.1. The summed E-state index contributed by atoms with van der Waals surface area (Å²) in [7, 11) is 0. The molecule has 8 heteroatoms. The Kier molecular flexibility index (Phi) is 5.65. The molecule has 0 saturated carbocycles. The number of anilines is 2. The summed E-state index contributed by atoms with van der Waals surface area (Å²) < 4.78 is 38.5. The zero-order chi connectivity index (χ0) is 20.3. The number of rotatable bonds is 4. The number of alkyl halides is 3. The van der Waals surface area contributed by atoms with Gasteiger partial charge in [0.1, 0.15) is 0 Å². The predicted octanol–water partition coefficient (Wildman–Crippen LogP) is 5.89. The minimum absolute atomic E-state index is 0.0732. The number of nitrogens with zero attached hydrogens (tertiary/aromatic N) is 3. The van der Waals surface area contributed by atoms with Crippen molar-refractivity contribution in [1.82, 2.24) is 9.97 Å². The van der Waals surface area contributed by atoms with Gasteiger partial charge in [-0.05, 0) is 42.5 Å². The quantitative estimate of drug-likeness (QED) is 0.543. The molecule has 0 bridgehead atoms. The van der Waals surface area contributed by atoms with Crippen LogP contribution in [0.2, 0.25) is 5.02 Å². The Morgan fingerprint density at radius 2 is 1.82 bits per heavy atom. The van der Waals surface area contributed by atoms with Crippen LogP contribution in [-0.2, 0) is 11.0 Å². The predicted molar refractivity (Wildman–Crippen MR) is 101 cm³/mol. The van der Waals surface area contributed by atoms with Gasteiger partial charge in [0, 0.05) is 23.2 Å². The van der Waals surface area contributed by atoms with Crippen molar-refractivity contribution in [2.75, 3.05) is 4.90 Å². The van der Waals surface area contributed by atoms with Crippen LogP contribution >= 0.6 is 11.6 Å². The first-order valence-corrected chi connectivity index (χ1v) is 8.76. The van der Waals surface area contributed by atoms with Crippen LogP contribution in [-0.4, -0.2) is 15.9 Å². The average Bonchev–Trinajstić information content (AvgIpc) is 2.68. The van der Waals surface area contributed by atoms with Gasteiger partial charge in [-0.3, -0.25) is 4.79 Å². The maximum Gasteiger partial charge on any atom is 0.416 e. The van der Waals surface area contributed by atoms with Gasteiger partial charge in [0.2, 0.25) is 11.9 Å². The first-order valence-electron chi connectivity index (χ1n) is 8.39. The highest BCUT2D eigenvalue weighted by molar-refractivity contribution is 6.30. The first-order chi connectivity index (χ1) is 13.3. The molecular weight excluding hydrogens is 391 g/mol. The minimum Gasteiger partial charge on any atom is -0.274 e. The van der Waals surface area contributed by atoms with E-state index in [1.807, 2.05) is 6.07 Å². The van der Waals surface area contributed by atoms with Gasteiger partial charge in [-0.25, -0.2) is 14.9 Å². The van der Waals surface area contributed by atoms with Crippen molar-refractivity contribution in [3.63, 3.8) is 0 Å². The molecule has 0 saturated heterocycles. The zero-order valence-corrected chi connectivity index (χ0v) is 15.5. The summed E-state index contributed by atoms with van der Waals surface area (Å²) in [5, 5.41) is 0.530. The zero-order valence-electron chi connectivity index (χ0n) is 14.7. The van der Waals surface area contributed by atoms with Crippen molar-refractivity contribution in [3.8, 4) is 11.3 Å². The van der Waals surface area contributed by atoms with E-state index in [0.29, 0.717) is 10.7 Å². The van der Waals surface area contributed by atoms with Crippen LogP contribution in [0.25, 0.3) is 11.3 Å². The molecule has 4 nitrogen and oxygen atoms in total. The third-order valence-corrected chi connectivity index (χ3v) is 4.20. The fourth-order valence-electron chi connectivity index (χ4n) is 2.59. The molecule has 1 amide bonds. The summed E-state index contributed by atoms with van der Waals surface area (Å²) in [5.74, 6) is -0.271. The molecule has 3 aromatic rings. The van der Waals surface area contributed by atoms with Crippen LogP contribution in [0, 0.1) is 0 Å². The summed E-state index contributed by atoms with van der Waals surface area (Å²) >= 11 is 6.02. The maximum absolute atomic E-state index is 12.8. The molecule has 28 heavy (non-hydrogen) atoms. The SMILES string of the molecule is CCC(=O)N(c1ccc(C(F)(F)F)cc1)c1nccc(-c2cccc(Cl)c2)n1. The number of halogens is 4. The number of amides is 1. The second kappa shape index (κ2) is 7.98. The molecule has 0 N–H and O–H groups in total. The fourth-order valence-corrected chi connectivity index (χ4v) is 2.78. The number of benzene rings is 2. The molecule has 1 aromatic heterocycles. The highest BCUT2D eigenvalue weighted by Gasteiger charge is 2.30. The van der Waals surface area contributed by atoms with Crippen LogP contribution in [0.1, 0.15) is 18.9 Å². The molecule has 1 heterocycles. The van der Waals surface area contributed by atoms with E-state index < -0.39 is 11.7 Å². The van der Waals surface area contributed by atoms with Crippen LogP contribution in [0.3, 0.4) is 0 Å². The second-order valence-electron chi connectivity index (χ2n) is 5.88. The number of carbonyl (C=O) groups excluding carboxylic acids is 1. The van der Waals surface area contributed by atoms with Gasteiger partial charge >= 0.3 is 6.18 Å². The van der Waals surface area contributed by atoms with Crippen molar-refractivity contribution >= 4 is 29.1 Å². The molecule has 0 atom stereocenters. The molecule has 0 spiro atoms. The molecule has 2 aromatic carbocycles. The van der Waals surface area contributed by atoms with Crippen molar-refractivity contribution in [2.45, 2.75) is 19.5 Å². The number of carbonyl (C=O) groups is 1.